The molecule has 0 spiro atoms. The van der Waals surface area contributed by atoms with Crippen LogP contribution in [-0.2, 0) is 4.74 Å². The predicted octanol–water partition coefficient (Wildman–Crippen LogP) is 2.21. The number of methoxy groups -OCH3 is 1. The third-order valence-electron chi connectivity index (χ3n) is 2.23. The van der Waals surface area contributed by atoms with Crippen LogP contribution in [0.5, 0.6) is 0 Å². The quantitative estimate of drug-likeness (QED) is 0.811. The summed E-state index contributed by atoms with van der Waals surface area (Å²) in [6, 6.07) is 3.37. The molecule has 0 saturated carbocycles. The SMILES string of the molecule is COC(=O)c1c(C)ccc(C)c1C(=O)O.Cl. The minimum Gasteiger partial charge on any atom is -0.478 e. The van der Waals surface area contributed by atoms with E-state index in [0.29, 0.717) is 11.1 Å². The smallest absolute Gasteiger partial charge is 0.339 e. The zero-order valence-corrected chi connectivity index (χ0v) is 10.1. The number of benzene rings is 1. The third-order valence-corrected chi connectivity index (χ3v) is 2.23. The van der Waals surface area contributed by atoms with Crippen LogP contribution in [0.25, 0.3) is 0 Å². The molecular weight excluding hydrogens is 232 g/mol. The second-order valence-corrected chi connectivity index (χ2v) is 3.25. The fourth-order valence-electron chi connectivity index (χ4n) is 1.45. The van der Waals surface area contributed by atoms with Crippen molar-refractivity contribution in [3.05, 3.63) is 34.4 Å². The highest BCUT2D eigenvalue weighted by Gasteiger charge is 2.21. The molecule has 0 fully saturated rings. The predicted molar refractivity (Wildman–Crippen MR) is 61.5 cm³/mol. The van der Waals surface area contributed by atoms with Crippen molar-refractivity contribution in [1.82, 2.24) is 0 Å². The number of carboxylic acids is 1. The van der Waals surface area contributed by atoms with Crippen molar-refractivity contribution in [3.8, 4) is 0 Å². The molecule has 1 aromatic rings. The van der Waals surface area contributed by atoms with E-state index in [2.05, 4.69) is 4.74 Å². The summed E-state index contributed by atoms with van der Waals surface area (Å²) >= 11 is 0. The number of ether oxygens (including phenoxy) is 1. The van der Waals surface area contributed by atoms with Crippen molar-refractivity contribution in [3.63, 3.8) is 0 Å². The monoisotopic (exact) mass is 244 g/mol. The number of halogens is 1. The van der Waals surface area contributed by atoms with Crippen LogP contribution >= 0.6 is 12.4 Å². The van der Waals surface area contributed by atoms with Crippen LogP contribution in [-0.4, -0.2) is 24.2 Å². The number of rotatable bonds is 2. The van der Waals surface area contributed by atoms with Crippen LogP contribution in [0.3, 0.4) is 0 Å². The largest absolute Gasteiger partial charge is 0.478 e. The Morgan fingerprint density at radius 3 is 1.94 bits per heavy atom. The second kappa shape index (κ2) is 5.51. The average Bonchev–Trinajstić information content (AvgIpc) is 2.19. The Kier molecular flexibility index (Phi) is 4.98. The van der Waals surface area contributed by atoms with E-state index in [1.54, 1.807) is 26.0 Å². The molecule has 0 aromatic heterocycles. The number of carbonyl (C=O) groups excluding carboxylic acids is 1. The molecule has 0 unspecified atom stereocenters. The Hall–Kier alpha value is -1.55. The summed E-state index contributed by atoms with van der Waals surface area (Å²) in [7, 11) is 1.23. The van der Waals surface area contributed by atoms with Gasteiger partial charge in [-0.2, -0.15) is 0 Å². The molecule has 0 aliphatic rings. The summed E-state index contributed by atoms with van der Waals surface area (Å²) < 4.78 is 4.56. The summed E-state index contributed by atoms with van der Waals surface area (Å²) in [6.07, 6.45) is 0. The van der Waals surface area contributed by atoms with Crippen molar-refractivity contribution in [2.45, 2.75) is 13.8 Å². The van der Waals surface area contributed by atoms with Crippen molar-refractivity contribution >= 4 is 24.3 Å². The summed E-state index contributed by atoms with van der Waals surface area (Å²) in [6.45, 7) is 3.33. The van der Waals surface area contributed by atoms with E-state index in [-0.39, 0.29) is 23.5 Å². The van der Waals surface area contributed by atoms with E-state index in [0.717, 1.165) is 0 Å². The fourth-order valence-corrected chi connectivity index (χ4v) is 1.45. The first-order chi connectivity index (χ1) is 6.99. The lowest BCUT2D eigenvalue weighted by molar-refractivity contribution is 0.0581. The van der Waals surface area contributed by atoms with Gasteiger partial charge in [-0.1, -0.05) is 12.1 Å². The minimum absolute atomic E-state index is 0. The fraction of sp³-hybridized carbons (Fsp3) is 0.273. The number of hydrogen-bond donors (Lipinski definition) is 1. The topological polar surface area (TPSA) is 63.6 Å². The van der Waals surface area contributed by atoms with E-state index in [4.69, 9.17) is 5.11 Å². The van der Waals surface area contributed by atoms with Crippen LogP contribution in [0.4, 0.5) is 0 Å². The average molecular weight is 245 g/mol. The standard InChI is InChI=1S/C11H12O4.ClH/c1-6-4-5-7(2)9(11(14)15-3)8(6)10(12)13;/h4-5H,1-3H3,(H,12,13);1H. The van der Waals surface area contributed by atoms with Gasteiger partial charge in [0, 0.05) is 0 Å². The molecule has 16 heavy (non-hydrogen) atoms. The molecule has 4 nitrogen and oxygen atoms in total. The van der Waals surface area contributed by atoms with Crippen molar-refractivity contribution in [2.24, 2.45) is 0 Å². The Labute approximate surface area is 99.6 Å². The van der Waals surface area contributed by atoms with E-state index >= 15 is 0 Å². The van der Waals surface area contributed by atoms with Crippen LogP contribution in [0.15, 0.2) is 12.1 Å². The molecule has 0 saturated heterocycles. The lowest BCUT2D eigenvalue weighted by atomic mass is 9.97. The summed E-state index contributed by atoms with van der Waals surface area (Å²) in [5.74, 6) is -1.73. The maximum Gasteiger partial charge on any atom is 0.339 e. The van der Waals surface area contributed by atoms with Gasteiger partial charge in [0.1, 0.15) is 0 Å². The normalized spacial score (nSPS) is 9.19. The highest BCUT2D eigenvalue weighted by Crippen LogP contribution is 2.19. The van der Waals surface area contributed by atoms with E-state index in [1.807, 2.05) is 0 Å². The van der Waals surface area contributed by atoms with Gasteiger partial charge in [-0.05, 0) is 25.0 Å². The maximum atomic E-state index is 11.4. The lowest BCUT2D eigenvalue weighted by Gasteiger charge is -2.09. The van der Waals surface area contributed by atoms with Gasteiger partial charge in [0.2, 0.25) is 0 Å². The van der Waals surface area contributed by atoms with Crippen molar-refractivity contribution in [2.75, 3.05) is 7.11 Å². The Morgan fingerprint density at radius 1 is 1.12 bits per heavy atom. The zero-order valence-electron chi connectivity index (χ0n) is 9.23. The molecule has 0 atom stereocenters. The molecule has 0 amide bonds. The second-order valence-electron chi connectivity index (χ2n) is 3.25. The molecule has 0 aliphatic carbocycles. The highest BCUT2D eigenvalue weighted by atomic mass is 35.5. The van der Waals surface area contributed by atoms with Gasteiger partial charge in [-0.15, -0.1) is 12.4 Å². The van der Waals surface area contributed by atoms with Gasteiger partial charge >= 0.3 is 11.9 Å². The van der Waals surface area contributed by atoms with E-state index < -0.39 is 11.9 Å². The zero-order chi connectivity index (χ0) is 11.6. The maximum absolute atomic E-state index is 11.4. The minimum atomic E-state index is -1.11. The first-order valence-electron chi connectivity index (χ1n) is 4.40. The summed E-state index contributed by atoms with van der Waals surface area (Å²) in [5, 5.41) is 9.01. The Balaban J connectivity index is 0.00000225. The Bertz CT molecular complexity index is 426. The first-order valence-corrected chi connectivity index (χ1v) is 4.40. The van der Waals surface area contributed by atoms with Gasteiger partial charge in [0.15, 0.2) is 0 Å². The highest BCUT2D eigenvalue weighted by molar-refractivity contribution is 6.04. The molecule has 0 bridgehead atoms. The molecule has 1 aromatic carbocycles. The number of hydrogen-bond acceptors (Lipinski definition) is 3. The van der Waals surface area contributed by atoms with Crippen LogP contribution in [0.1, 0.15) is 31.8 Å². The molecule has 0 heterocycles. The molecule has 0 radical (unpaired) electrons. The van der Waals surface area contributed by atoms with Gasteiger partial charge in [-0.25, -0.2) is 9.59 Å². The summed E-state index contributed by atoms with van der Waals surface area (Å²) in [4.78, 5) is 22.4. The first kappa shape index (κ1) is 14.5. The van der Waals surface area contributed by atoms with Gasteiger partial charge in [0.25, 0.3) is 0 Å². The van der Waals surface area contributed by atoms with Crippen molar-refractivity contribution < 1.29 is 19.4 Å². The number of aromatic carboxylic acids is 1. The number of esters is 1. The van der Waals surface area contributed by atoms with Crippen LogP contribution in [0, 0.1) is 13.8 Å². The van der Waals surface area contributed by atoms with Gasteiger partial charge in [0.05, 0.1) is 18.2 Å². The number of carboxylic acid groups (broad SMARTS) is 1. The van der Waals surface area contributed by atoms with Crippen molar-refractivity contribution in [1.29, 1.82) is 0 Å². The summed E-state index contributed by atoms with van der Waals surface area (Å²) in [5.41, 5.74) is 1.30. The van der Waals surface area contributed by atoms with Gasteiger partial charge in [-0.3, -0.25) is 0 Å². The van der Waals surface area contributed by atoms with E-state index in [1.165, 1.54) is 7.11 Å². The molecule has 88 valence electrons. The van der Waals surface area contributed by atoms with Crippen LogP contribution < -0.4 is 0 Å². The number of aryl methyl sites for hydroxylation is 2. The van der Waals surface area contributed by atoms with E-state index in [9.17, 15) is 9.59 Å². The molecule has 1 rings (SSSR count). The van der Waals surface area contributed by atoms with Gasteiger partial charge < -0.3 is 9.84 Å². The molecular formula is C11H13ClO4. The molecule has 5 heteroatoms. The lowest BCUT2D eigenvalue weighted by Crippen LogP contribution is -2.13. The number of carbonyl (C=O) groups is 2. The molecule has 1 N–H and O–H groups in total. The third kappa shape index (κ3) is 2.52. The Morgan fingerprint density at radius 2 is 1.56 bits per heavy atom. The molecule has 0 aliphatic heterocycles. The van der Waals surface area contributed by atoms with Crippen LogP contribution in [0.2, 0.25) is 0 Å².